The smallest absolute Gasteiger partial charge is 0.274 e. The van der Waals surface area contributed by atoms with Gasteiger partial charge in [-0.1, -0.05) is 23.7 Å². The van der Waals surface area contributed by atoms with Gasteiger partial charge >= 0.3 is 0 Å². The Morgan fingerprint density at radius 1 is 1.23 bits per heavy atom. The van der Waals surface area contributed by atoms with E-state index in [2.05, 4.69) is 20.6 Å². The largest absolute Gasteiger partial charge is 0.378 e. The lowest BCUT2D eigenvalue weighted by molar-refractivity contribution is 0.0295. The number of aromatic amines is 1. The number of ether oxygens (including phenoxy) is 1. The highest BCUT2D eigenvalue weighted by molar-refractivity contribution is 6.30. The van der Waals surface area contributed by atoms with E-state index in [-0.39, 0.29) is 11.6 Å². The van der Waals surface area contributed by atoms with Crippen LogP contribution in [0.25, 0.3) is 11.3 Å². The second-order valence-corrected chi connectivity index (χ2v) is 7.19. The first-order valence-corrected chi connectivity index (χ1v) is 10.00. The van der Waals surface area contributed by atoms with Crippen molar-refractivity contribution in [1.29, 1.82) is 0 Å². The Bertz CT molecular complexity index is 1050. The van der Waals surface area contributed by atoms with Crippen LogP contribution in [0.4, 0.5) is 5.69 Å². The number of morpholine rings is 1. The van der Waals surface area contributed by atoms with Gasteiger partial charge in [-0.15, -0.1) is 0 Å². The number of carbonyl (C=O) groups is 2. The number of anilines is 1. The van der Waals surface area contributed by atoms with Crippen LogP contribution in [0.1, 0.15) is 27.9 Å². The third-order valence-electron chi connectivity index (χ3n) is 4.85. The lowest BCUT2D eigenvalue weighted by Gasteiger charge is -2.27. The summed E-state index contributed by atoms with van der Waals surface area (Å²) in [5, 5.41) is 14.6. The standard InChI is InChI=1S/C20H21ClN6O3/c1-2-27-18(20(29)26-7-9-30-10-8-26)17(12-22-27)23-19(28)16-11-15(24-25-16)13-3-5-14(21)6-4-13/h3-6,11-12H,2,7-10H2,1H3,(H,23,28)(H,24,25). The van der Waals surface area contributed by atoms with Crippen molar-refractivity contribution in [2.45, 2.75) is 13.5 Å². The molecule has 4 rings (SSSR count). The number of aromatic nitrogens is 4. The molecule has 2 amide bonds. The van der Waals surface area contributed by atoms with Crippen LogP contribution in [0.2, 0.25) is 5.02 Å². The van der Waals surface area contributed by atoms with Crippen molar-refractivity contribution in [1.82, 2.24) is 24.9 Å². The van der Waals surface area contributed by atoms with E-state index in [0.29, 0.717) is 54.9 Å². The number of halogens is 1. The van der Waals surface area contributed by atoms with Crippen LogP contribution < -0.4 is 5.32 Å². The lowest BCUT2D eigenvalue weighted by Crippen LogP contribution is -2.41. The van der Waals surface area contributed by atoms with Crippen molar-refractivity contribution in [3.05, 3.63) is 52.9 Å². The summed E-state index contributed by atoms with van der Waals surface area (Å²) in [7, 11) is 0. The van der Waals surface area contributed by atoms with Crippen LogP contribution in [-0.4, -0.2) is 63.0 Å². The van der Waals surface area contributed by atoms with Gasteiger partial charge in [0.25, 0.3) is 11.8 Å². The van der Waals surface area contributed by atoms with Gasteiger partial charge in [0.1, 0.15) is 11.4 Å². The van der Waals surface area contributed by atoms with E-state index in [0.717, 1.165) is 5.56 Å². The third kappa shape index (κ3) is 4.07. The zero-order chi connectivity index (χ0) is 21.1. The molecule has 2 aromatic heterocycles. The molecule has 0 atom stereocenters. The normalized spacial score (nSPS) is 14.0. The molecule has 1 aromatic carbocycles. The first kappa shape index (κ1) is 20.1. The number of hydrogen-bond donors (Lipinski definition) is 2. The summed E-state index contributed by atoms with van der Waals surface area (Å²) in [6.45, 7) is 4.40. The first-order chi connectivity index (χ1) is 14.6. The van der Waals surface area contributed by atoms with Gasteiger partial charge in [-0.25, -0.2) is 0 Å². The summed E-state index contributed by atoms with van der Waals surface area (Å²) < 4.78 is 6.90. The molecule has 0 unspecified atom stereocenters. The predicted molar refractivity (Wildman–Crippen MR) is 112 cm³/mol. The number of benzene rings is 1. The minimum atomic E-state index is -0.408. The fourth-order valence-corrected chi connectivity index (χ4v) is 3.38. The Morgan fingerprint density at radius 3 is 2.67 bits per heavy atom. The molecule has 2 N–H and O–H groups in total. The lowest BCUT2D eigenvalue weighted by atomic mass is 10.1. The number of aryl methyl sites for hydroxylation is 1. The van der Waals surface area contributed by atoms with Gasteiger partial charge in [-0.05, 0) is 25.1 Å². The van der Waals surface area contributed by atoms with E-state index < -0.39 is 5.91 Å². The Kier molecular flexibility index (Phi) is 5.82. The van der Waals surface area contributed by atoms with Gasteiger partial charge in [0.05, 0.1) is 30.8 Å². The number of hydrogen-bond acceptors (Lipinski definition) is 5. The highest BCUT2D eigenvalue weighted by Crippen LogP contribution is 2.22. The van der Waals surface area contributed by atoms with Crippen molar-refractivity contribution in [3.63, 3.8) is 0 Å². The molecule has 0 bridgehead atoms. The molecule has 0 spiro atoms. The molecule has 3 aromatic rings. The third-order valence-corrected chi connectivity index (χ3v) is 5.10. The molecular weight excluding hydrogens is 408 g/mol. The molecule has 0 saturated carbocycles. The molecule has 9 nitrogen and oxygen atoms in total. The van der Waals surface area contributed by atoms with Crippen molar-refractivity contribution in [2.75, 3.05) is 31.6 Å². The molecule has 1 saturated heterocycles. The number of rotatable bonds is 5. The van der Waals surface area contributed by atoms with Crippen molar-refractivity contribution in [3.8, 4) is 11.3 Å². The number of carbonyl (C=O) groups excluding carboxylic acids is 2. The maximum Gasteiger partial charge on any atom is 0.274 e. The van der Waals surface area contributed by atoms with Crippen LogP contribution in [0.5, 0.6) is 0 Å². The summed E-state index contributed by atoms with van der Waals surface area (Å²) in [5.74, 6) is -0.589. The van der Waals surface area contributed by atoms with E-state index in [4.69, 9.17) is 16.3 Å². The van der Waals surface area contributed by atoms with Gasteiger partial charge in [0, 0.05) is 30.2 Å². The molecule has 0 radical (unpaired) electrons. The van der Waals surface area contributed by atoms with Gasteiger partial charge in [0.15, 0.2) is 0 Å². The maximum absolute atomic E-state index is 13.0. The van der Waals surface area contributed by atoms with Gasteiger partial charge in [0.2, 0.25) is 0 Å². The maximum atomic E-state index is 13.0. The minimum Gasteiger partial charge on any atom is -0.378 e. The minimum absolute atomic E-state index is 0.181. The fraction of sp³-hybridized carbons (Fsp3) is 0.300. The zero-order valence-electron chi connectivity index (χ0n) is 16.4. The quantitative estimate of drug-likeness (QED) is 0.650. The van der Waals surface area contributed by atoms with Crippen LogP contribution in [0, 0.1) is 0 Å². The van der Waals surface area contributed by atoms with Gasteiger partial charge in [-0.3, -0.25) is 19.4 Å². The second kappa shape index (κ2) is 8.68. The number of nitrogens with one attached hydrogen (secondary N) is 2. The van der Waals surface area contributed by atoms with Crippen molar-refractivity contribution in [2.24, 2.45) is 0 Å². The van der Waals surface area contributed by atoms with Gasteiger partial charge < -0.3 is 15.0 Å². The molecule has 1 fully saturated rings. The first-order valence-electron chi connectivity index (χ1n) is 9.62. The van der Waals surface area contributed by atoms with Crippen molar-refractivity contribution >= 4 is 29.1 Å². The average molecular weight is 429 g/mol. The highest BCUT2D eigenvalue weighted by atomic mass is 35.5. The fourth-order valence-electron chi connectivity index (χ4n) is 3.25. The molecule has 1 aliphatic rings. The van der Waals surface area contributed by atoms with E-state index in [1.807, 2.05) is 19.1 Å². The monoisotopic (exact) mass is 428 g/mol. The molecule has 156 valence electrons. The van der Waals surface area contributed by atoms with Gasteiger partial charge in [-0.2, -0.15) is 10.2 Å². The Balaban J connectivity index is 1.54. The topological polar surface area (TPSA) is 105 Å². The molecule has 10 heteroatoms. The summed E-state index contributed by atoms with van der Waals surface area (Å²) in [5.41, 5.74) is 2.43. The number of amides is 2. The van der Waals surface area contributed by atoms with Crippen molar-refractivity contribution < 1.29 is 14.3 Å². The molecule has 30 heavy (non-hydrogen) atoms. The van der Waals surface area contributed by atoms with E-state index >= 15 is 0 Å². The SMILES string of the molecule is CCn1ncc(NC(=O)c2cc(-c3ccc(Cl)cc3)n[nH]2)c1C(=O)N1CCOCC1. The average Bonchev–Trinajstić information content (AvgIpc) is 3.42. The zero-order valence-corrected chi connectivity index (χ0v) is 17.1. The Labute approximate surface area is 178 Å². The molecule has 0 aliphatic carbocycles. The van der Waals surface area contributed by atoms with Crippen LogP contribution >= 0.6 is 11.6 Å². The Morgan fingerprint density at radius 2 is 1.97 bits per heavy atom. The molecular formula is C20H21ClN6O3. The van der Waals surface area contributed by atoms with E-state index in [9.17, 15) is 9.59 Å². The number of H-pyrrole nitrogens is 1. The summed E-state index contributed by atoms with van der Waals surface area (Å²) in [6.07, 6.45) is 1.49. The van der Waals surface area contributed by atoms with E-state index in [1.54, 1.807) is 27.8 Å². The summed E-state index contributed by atoms with van der Waals surface area (Å²) in [6, 6.07) is 8.81. The number of nitrogens with zero attached hydrogens (tertiary/aromatic N) is 4. The molecule has 1 aliphatic heterocycles. The summed E-state index contributed by atoms with van der Waals surface area (Å²) >= 11 is 5.92. The Hall–Kier alpha value is -3.17. The second-order valence-electron chi connectivity index (χ2n) is 6.76. The molecule has 3 heterocycles. The predicted octanol–water partition coefficient (Wildman–Crippen LogP) is 2.67. The van der Waals surface area contributed by atoms with Crippen LogP contribution in [0.3, 0.4) is 0 Å². The summed E-state index contributed by atoms with van der Waals surface area (Å²) in [4.78, 5) is 27.5. The van der Waals surface area contributed by atoms with Crippen LogP contribution in [-0.2, 0) is 11.3 Å². The van der Waals surface area contributed by atoms with E-state index in [1.165, 1.54) is 6.20 Å². The van der Waals surface area contributed by atoms with Crippen LogP contribution in [0.15, 0.2) is 36.5 Å². The highest BCUT2D eigenvalue weighted by Gasteiger charge is 2.26.